The van der Waals surface area contributed by atoms with Crippen LogP contribution in [0.5, 0.6) is 0 Å². The molecule has 2 nitrogen and oxygen atoms in total. The molecule has 0 amide bonds. The molecule has 0 spiro atoms. The maximum atomic E-state index is 6.17. The molecule has 0 saturated carbocycles. The van der Waals surface area contributed by atoms with Crippen molar-refractivity contribution in [3.8, 4) is 0 Å². The Morgan fingerprint density at radius 1 is 1.32 bits per heavy atom. The van der Waals surface area contributed by atoms with Gasteiger partial charge in [-0.05, 0) is 18.6 Å². The van der Waals surface area contributed by atoms with Crippen LogP contribution in [0.15, 0.2) is 71.9 Å². The summed E-state index contributed by atoms with van der Waals surface area (Å²) in [5.41, 5.74) is 3.68. The number of benzene rings is 1. The third kappa shape index (κ3) is 2.80. The van der Waals surface area contributed by atoms with Gasteiger partial charge in [-0.25, -0.2) is 5.06 Å². The van der Waals surface area contributed by atoms with Crippen molar-refractivity contribution >= 4 is 17.3 Å². The highest BCUT2D eigenvalue weighted by Gasteiger charge is 2.23. The molecule has 3 heteroatoms. The molecule has 1 aromatic rings. The summed E-state index contributed by atoms with van der Waals surface area (Å²) in [5.74, 6) is 0. The Labute approximate surface area is 118 Å². The Hall–Kier alpha value is -1.77. The minimum atomic E-state index is 0.396. The number of hydrogen-bond donors (Lipinski definition) is 0. The molecule has 0 unspecified atom stereocenters. The summed E-state index contributed by atoms with van der Waals surface area (Å²) in [7, 11) is 0. The molecule has 1 aromatic carbocycles. The molecule has 2 rings (SSSR count). The third-order valence-electron chi connectivity index (χ3n) is 2.81. The van der Waals surface area contributed by atoms with Crippen molar-refractivity contribution in [2.75, 3.05) is 6.61 Å². The standard InChI is InChI=1S/C16H16ClNO/c1-4-10-19-18-13(3)15(17)11-12(2)16(18)14-8-6-5-7-9-14/h4-9,11H,1,3,10H2,2H3. The number of allylic oxidation sites excluding steroid dienone is 3. The summed E-state index contributed by atoms with van der Waals surface area (Å²) in [6, 6.07) is 10.0. The SMILES string of the molecule is C=CCON1C(=C)C(Cl)=CC(C)=C1c1ccccc1. The van der Waals surface area contributed by atoms with Gasteiger partial charge in [0, 0.05) is 5.56 Å². The highest BCUT2D eigenvalue weighted by molar-refractivity contribution is 6.32. The molecule has 1 heterocycles. The van der Waals surface area contributed by atoms with Crippen molar-refractivity contribution in [2.45, 2.75) is 6.92 Å². The molecule has 0 radical (unpaired) electrons. The maximum Gasteiger partial charge on any atom is 0.0932 e. The van der Waals surface area contributed by atoms with Crippen LogP contribution in [-0.2, 0) is 4.84 Å². The van der Waals surface area contributed by atoms with E-state index in [0.717, 1.165) is 16.8 Å². The fourth-order valence-electron chi connectivity index (χ4n) is 1.94. The number of halogens is 1. The van der Waals surface area contributed by atoms with Gasteiger partial charge in [-0.1, -0.05) is 54.6 Å². The normalized spacial score (nSPS) is 15.6. The van der Waals surface area contributed by atoms with E-state index in [9.17, 15) is 0 Å². The van der Waals surface area contributed by atoms with Crippen molar-refractivity contribution < 1.29 is 4.84 Å². The van der Waals surface area contributed by atoms with Crippen LogP contribution in [0, 0.1) is 0 Å². The van der Waals surface area contributed by atoms with Gasteiger partial charge in [-0.2, -0.15) is 0 Å². The highest BCUT2D eigenvalue weighted by atomic mass is 35.5. The zero-order valence-electron chi connectivity index (χ0n) is 10.9. The maximum absolute atomic E-state index is 6.17. The molecule has 0 bridgehead atoms. The minimum Gasteiger partial charge on any atom is -0.264 e. The van der Waals surface area contributed by atoms with Crippen molar-refractivity contribution in [3.05, 3.63) is 77.5 Å². The predicted octanol–water partition coefficient (Wildman–Crippen LogP) is 4.49. The number of rotatable bonds is 4. The van der Waals surface area contributed by atoms with Gasteiger partial charge >= 0.3 is 0 Å². The molecule has 1 aliphatic rings. The van der Waals surface area contributed by atoms with Gasteiger partial charge in [0.15, 0.2) is 0 Å². The predicted molar refractivity (Wildman–Crippen MR) is 80.1 cm³/mol. The van der Waals surface area contributed by atoms with E-state index in [4.69, 9.17) is 16.4 Å². The van der Waals surface area contributed by atoms with E-state index in [1.54, 1.807) is 11.1 Å². The van der Waals surface area contributed by atoms with Gasteiger partial charge in [0.1, 0.15) is 0 Å². The highest BCUT2D eigenvalue weighted by Crippen LogP contribution is 2.36. The van der Waals surface area contributed by atoms with Crippen LogP contribution in [-0.4, -0.2) is 11.7 Å². The van der Waals surface area contributed by atoms with Crippen molar-refractivity contribution in [1.29, 1.82) is 0 Å². The van der Waals surface area contributed by atoms with Crippen LogP contribution in [0.4, 0.5) is 0 Å². The quantitative estimate of drug-likeness (QED) is 0.750. The first-order valence-corrected chi connectivity index (χ1v) is 6.39. The Morgan fingerprint density at radius 2 is 2.00 bits per heavy atom. The molecule has 0 fully saturated rings. The lowest BCUT2D eigenvalue weighted by atomic mass is 10.0. The Balaban J connectivity index is 2.47. The summed E-state index contributed by atoms with van der Waals surface area (Å²) < 4.78 is 0. The molecule has 98 valence electrons. The van der Waals surface area contributed by atoms with Crippen LogP contribution in [0.25, 0.3) is 5.70 Å². The number of hydrogen-bond acceptors (Lipinski definition) is 2. The second kappa shape index (κ2) is 5.91. The van der Waals surface area contributed by atoms with Crippen LogP contribution >= 0.6 is 11.6 Å². The summed E-state index contributed by atoms with van der Waals surface area (Å²) >= 11 is 6.17. The van der Waals surface area contributed by atoms with Gasteiger partial charge in [-0.15, -0.1) is 6.58 Å². The molecule has 19 heavy (non-hydrogen) atoms. The fraction of sp³-hybridized carbons (Fsp3) is 0.125. The topological polar surface area (TPSA) is 12.5 Å². The van der Waals surface area contributed by atoms with Crippen LogP contribution in [0.1, 0.15) is 12.5 Å². The van der Waals surface area contributed by atoms with Crippen molar-refractivity contribution in [2.24, 2.45) is 0 Å². The van der Waals surface area contributed by atoms with Crippen LogP contribution in [0.2, 0.25) is 0 Å². The Kier molecular flexibility index (Phi) is 4.25. The zero-order chi connectivity index (χ0) is 13.8. The number of hydroxylamine groups is 2. The molecule has 0 atom stereocenters. The lowest BCUT2D eigenvalue weighted by Crippen LogP contribution is -2.25. The molecule has 0 aromatic heterocycles. The van der Waals surface area contributed by atoms with E-state index >= 15 is 0 Å². The zero-order valence-corrected chi connectivity index (χ0v) is 11.7. The van der Waals surface area contributed by atoms with Crippen LogP contribution in [0.3, 0.4) is 0 Å². The van der Waals surface area contributed by atoms with E-state index in [1.807, 2.05) is 43.3 Å². The Morgan fingerprint density at radius 3 is 2.63 bits per heavy atom. The van der Waals surface area contributed by atoms with E-state index in [2.05, 4.69) is 13.2 Å². The van der Waals surface area contributed by atoms with Crippen molar-refractivity contribution in [3.63, 3.8) is 0 Å². The average Bonchev–Trinajstić information content (AvgIpc) is 2.42. The molecule has 1 aliphatic heterocycles. The summed E-state index contributed by atoms with van der Waals surface area (Å²) in [4.78, 5) is 5.68. The Bertz CT molecular complexity index is 557. The van der Waals surface area contributed by atoms with Gasteiger partial charge in [-0.3, -0.25) is 4.84 Å². The van der Waals surface area contributed by atoms with E-state index in [1.165, 1.54) is 0 Å². The first-order valence-electron chi connectivity index (χ1n) is 6.02. The second-order valence-corrected chi connectivity index (χ2v) is 4.62. The van der Waals surface area contributed by atoms with Gasteiger partial charge in [0.25, 0.3) is 0 Å². The summed E-state index contributed by atoms with van der Waals surface area (Å²) in [6.45, 7) is 10.0. The monoisotopic (exact) mass is 273 g/mol. The smallest absolute Gasteiger partial charge is 0.0932 e. The number of nitrogens with zero attached hydrogens (tertiary/aromatic N) is 1. The van der Waals surface area contributed by atoms with E-state index in [-0.39, 0.29) is 0 Å². The largest absolute Gasteiger partial charge is 0.264 e. The second-order valence-electron chi connectivity index (χ2n) is 4.22. The van der Waals surface area contributed by atoms with Gasteiger partial charge in [0.2, 0.25) is 0 Å². The summed E-state index contributed by atoms with van der Waals surface area (Å²) in [6.07, 6.45) is 3.59. The molecule has 0 N–H and O–H groups in total. The van der Waals surface area contributed by atoms with E-state index < -0.39 is 0 Å². The van der Waals surface area contributed by atoms with E-state index in [0.29, 0.717) is 17.3 Å². The lowest BCUT2D eigenvalue weighted by Gasteiger charge is -2.31. The van der Waals surface area contributed by atoms with Gasteiger partial charge in [0.05, 0.1) is 23.0 Å². The summed E-state index contributed by atoms with van der Waals surface area (Å²) in [5, 5.41) is 2.26. The molecular formula is C16H16ClNO. The fourth-order valence-corrected chi connectivity index (χ4v) is 2.18. The van der Waals surface area contributed by atoms with Gasteiger partial charge < -0.3 is 0 Å². The molecule has 0 aliphatic carbocycles. The average molecular weight is 274 g/mol. The lowest BCUT2D eigenvalue weighted by molar-refractivity contribution is -0.0646. The molecular weight excluding hydrogens is 258 g/mol. The van der Waals surface area contributed by atoms with Crippen molar-refractivity contribution in [1.82, 2.24) is 5.06 Å². The minimum absolute atomic E-state index is 0.396. The molecule has 0 saturated heterocycles. The third-order valence-corrected chi connectivity index (χ3v) is 3.14. The first kappa shape index (κ1) is 13.7. The van der Waals surface area contributed by atoms with Crippen LogP contribution < -0.4 is 0 Å². The first-order chi connectivity index (χ1) is 9.15.